The Morgan fingerprint density at radius 2 is 1.43 bits per heavy atom. The Morgan fingerprint density at radius 1 is 0.913 bits per heavy atom. The summed E-state index contributed by atoms with van der Waals surface area (Å²) in [4.78, 5) is 30.2. The highest BCUT2D eigenvalue weighted by molar-refractivity contribution is 6.26. The number of amides is 2. The Hall–Kier alpha value is -2.64. The van der Waals surface area contributed by atoms with E-state index in [4.69, 9.17) is 19.4 Å². The molecule has 0 spiro atoms. The van der Waals surface area contributed by atoms with Gasteiger partial charge in [0.2, 0.25) is 0 Å². The number of benzene rings is 2. The number of aliphatic hydroxyl groups is 1. The standard InChI is InChI=1S/C16H15NO6/c1-21-11-5-3-9-13-10(4-6-12(22-2)14(11)13)16(20)17(15(9)19)23-8-7-18/h3-6,18H,7-8H2,1-2H3. The van der Waals surface area contributed by atoms with E-state index in [-0.39, 0.29) is 13.2 Å². The molecule has 1 aliphatic rings. The van der Waals surface area contributed by atoms with E-state index in [0.29, 0.717) is 38.5 Å². The van der Waals surface area contributed by atoms with E-state index < -0.39 is 11.8 Å². The van der Waals surface area contributed by atoms with Gasteiger partial charge in [-0.25, -0.2) is 0 Å². The van der Waals surface area contributed by atoms with E-state index in [1.807, 2.05) is 0 Å². The van der Waals surface area contributed by atoms with E-state index >= 15 is 0 Å². The van der Waals surface area contributed by atoms with Gasteiger partial charge in [0, 0.05) is 5.39 Å². The Balaban J connectivity index is 2.29. The number of ether oxygens (including phenoxy) is 2. The molecule has 1 heterocycles. The Labute approximate surface area is 131 Å². The number of hydrogen-bond donors (Lipinski definition) is 1. The fourth-order valence-corrected chi connectivity index (χ4v) is 2.69. The van der Waals surface area contributed by atoms with Gasteiger partial charge in [-0.2, -0.15) is 0 Å². The van der Waals surface area contributed by atoms with Crippen LogP contribution in [0.25, 0.3) is 10.8 Å². The fraction of sp³-hybridized carbons (Fsp3) is 0.250. The molecule has 3 rings (SSSR count). The molecule has 2 amide bonds. The number of rotatable bonds is 5. The molecule has 0 aromatic heterocycles. The first-order valence-electron chi connectivity index (χ1n) is 6.94. The lowest BCUT2D eigenvalue weighted by molar-refractivity contribution is -0.103. The smallest absolute Gasteiger partial charge is 0.285 e. The molecular formula is C16H15NO6. The highest BCUT2D eigenvalue weighted by atomic mass is 16.7. The molecule has 1 N–H and O–H groups in total. The lowest BCUT2D eigenvalue weighted by Crippen LogP contribution is -2.40. The van der Waals surface area contributed by atoms with Crippen LogP contribution in [0.15, 0.2) is 24.3 Å². The number of nitrogens with zero attached hydrogens (tertiary/aromatic N) is 1. The molecule has 0 saturated carbocycles. The molecule has 0 saturated heterocycles. The van der Waals surface area contributed by atoms with Gasteiger partial charge in [0.1, 0.15) is 11.5 Å². The summed E-state index contributed by atoms with van der Waals surface area (Å²) in [5.41, 5.74) is 0.625. The van der Waals surface area contributed by atoms with Gasteiger partial charge in [-0.3, -0.25) is 14.4 Å². The van der Waals surface area contributed by atoms with Crippen LogP contribution in [0, 0.1) is 0 Å². The molecule has 2 aromatic carbocycles. The molecule has 0 radical (unpaired) electrons. The maximum absolute atomic E-state index is 12.5. The Morgan fingerprint density at radius 3 is 1.87 bits per heavy atom. The molecule has 1 aliphatic heterocycles. The van der Waals surface area contributed by atoms with E-state index in [9.17, 15) is 9.59 Å². The summed E-state index contributed by atoms with van der Waals surface area (Å²) in [5.74, 6) is -0.158. The van der Waals surface area contributed by atoms with Gasteiger partial charge in [0.25, 0.3) is 11.8 Å². The van der Waals surface area contributed by atoms with Crippen LogP contribution < -0.4 is 9.47 Å². The number of carbonyl (C=O) groups excluding carboxylic acids is 2. The van der Waals surface area contributed by atoms with Gasteiger partial charge in [0.05, 0.1) is 43.9 Å². The van der Waals surface area contributed by atoms with Crippen molar-refractivity contribution in [1.29, 1.82) is 0 Å². The summed E-state index contributed by atoms with van der Waals surface area (Å²) in [7, 11) is 3.01. The second-order valence-corrected chi connectivity index (χ2v) is 4.84. The van der Waals surface area contributed by atoms with Crippen LogP contribution in [0.1, 0.15) is 20.7 Å². The number of methoxy groups -OCH3 is 2. The van der Waals surface area contributed by atoms with Crippen LogP contribution in [-0.4, -0.2) is 49.4 Å². The normalized spacial score (nSPS) is 13.6. The van der Waals surface area contributed by atoms with Crippen molar-refractivity contribution in [3.05, 3.63) is 35.4 Å². The van der Waals surface area contributed by atoms with Crippen LogP contribution in [0.4, 0.5) is 0 Å². The largest absolute Gasteiger partial charge is 0.496 e. The molecule has 23 heavy (non-hydrogen) atoms. The molecule has 120 valence electrons. The minimum Gasteiger partial charge on any atom is -0.496 e. The van der Waals surface area contributed by atoms with Crippen molar-refractivity contribution in [2.45, 2.75) is 0 Å². The fourth-order valence-electron chi connectivity index (χ4n) is 2.69. The van der Waals surface area contributed by atoms with Crippen molar-refractivity contribution in [3.63, 3.8) is 0 Å². The van der Waals surface area contributed by atoms with Gasteiger partial charge < -0.3 is 14.6 Å². The zero-order chi connectivity index (χ0) is 16.6. The summed E-state index contributed by atoms with van der Waals surface area (Å²) in [5, 5.41) is 10.6. The van der Waals surface area contributed by atoms with Crippen LogP contribution in [0.5, 0.6) is 11.5 Å². The van der Waals surface area contributed by atoms with E-state index in [1.54, 1.807) is 24.3 Å². The summed E-state index contributed by atoms with van der Waals surface area (Å²) < 4.78 is 10.7. The molecular weight excluding hydrogens is 302 g/mol. The molecule has 0 atom stereocenters. The lowest BCUT2D eigenvalue weighted by Gasteiger charge is -2.26. The SMILES string of the molecule is COc1ccc2c3c(ccc(OC)c13)C(=O)N(OCCO)C2=O. The van der Waals surface area contributed by atoms with Crippen LogP contribution in [-0.2, 0) is 4.84 Å². The number of hydroxylamine groups is 2. The van der Waals surface area contributed by atoms with Gasteiger partial charge in [-0.05, 0) is 24.3 Å². The van der Waals surface area contributed by atoms with Crippen LogP contribution in [0.3, 0.4) is 0 Å². The number of aliphatic hydroxyl groups excluding tert-OH is 1. The number of carbonyl (C=O) groups is 2. The Kier molecular flexibility index (Phi) is 3.89. The zero-order valence-corrected chi connectivity index (χ0v) is 12.7. The van der Waals surface area contributed by atoms with Gasteiger partial charge in [-0.1, -0.05) is 0 Å². The molecule has 2 aromatic rings. The average Bonchev–Trinajstić information content (AvgIpc) is 2.58. The first-order chi connectivity index (χ1) is 11.1. The molecule has 0 fully saturated rings. The van der Waals surface area contributed by atoms with Gasteiger partial charge in [-0.15, -0.1) is 5.06 Å². The summed E-state index contributed by atoms with van der Waals surface area (Å²) in [6, 6.07) is 6.44. The van der Waals surface area contributed by atoms with E-state index in [0.717, 1.165) is 0 Å². The highest BCUT2D eigenvalue weighted by Crippen LogP contribution is 2.40. The summed E-state index contributed by atoms with van der Waals surface area (Å²) in [6.45, 7) is -0.452. The van der Waals surface area contributed by atoms with Gasteiger partial charge in [0.15, 0.2) is 0 Å². The van der Waals surface area contributed by atoms with Crippen molar-refractivity contribution < 1.29 is 29.0 Å². The van der Waals surface area contributed by atoms with Crippen molar-refractivity contribution >= 4 is 22.6 Å². The van der Waals surface area contributed by atoms with E-state index in [2.05, 4.69) is 0 Å². The minimum absolute atomic E-state index is 0.151. The minimum atomic E-state index is -0.586. The van der Waals surface area contributed by atoms with Crippen molar-refractivity contribution in [2.75, 3.05) is 27.4 Å². The van der Waals surface area contributed by atoms with E-state index in [1.165, 1.54) is 14.2 Å². The third-order valence-electron chi connectivity index (χ3n) is 3.67. The zero-order valence-electron chi connectivity index (χ0n) is 12.7. The maximum atomic E-state index is 12.5. The number of hydrogen-bond acceptors (Lipinski definition) is 6. The summed E-state index contributed by atoms with van der Waals surface area (Å²) in [6.07, 6.45) is 0. The maximum Gasteiger partial charge on any atom is 0.285 e. The molecule has 7 heteroatoms. The van der Waals surface area contributed by atoms with Crippen LogP contribution in [0.2, 0.25) is 0 Å². The predicted molar refractivity (Wildman–Crippen MR) is 80.6 cm³/mol. The third-order valence-corrected chi connectivity index (χ3v) is 3.67. The first-order valence-corrected chi connectivity index (χ1v) is 6.94. The lowest BCUT2D eigenvalue weighted by atomic mass is 9.94. The molecule has 7 nitrogen and oxygen atoms in total. The second kappa shape index (κ2) is 5.86. The quantitative estimate of drug-likeness (QED) is 0.839. The Bertz CT molecular complexity index is 742. The third kappa shape index (κ3) is 2.21. The predicted octanol–water partition coefficient (Wildman–Crippen LogP) is 1.38. The first kappa shape index (κ1) is 15.3. The summed E-state index contributed by atoms with van der Waals surface area (Å²) >= 11 is 0. The van der Waals surface area contributed by atoms with Crippen LogP contribution >= 0.6 is 0 Å². The second-order valence-electron chi connectivity index (χ2n) is 4.84. The monoisotopic (exact) mass is 317 g/mol. The van der Waals surface area contributed by atoms with Crippen molar-refractivity contribution in [1.82, 2.24) is 5.06 Å². The number of imide groups is 1. The highest BCUT2D eigenvalue weighted by Gasteiger charge is 2.35. The molecule has 0 aliphatic carbocycles. The van der Waals surface area contributed by atoms with Crippen molar-refractivity contribution in [2.24, 2.45) is 0 Å². The molecule has 0 bridgehead atoms. The van der Waals surface area contributed by atoms with Crippen molar-refractivity contribution in [3.8, 4) is 11.5 Å². The average molecular weight is 317 g/mol. The molecule has 0 unspecified atom stereocenters. The van der Waals surface area contributed by atoms with Gasteiger partial charge >= 0.3 is 0 Å². The topological polar surface area (TPSA) is 85.3 Å².